The van der Waals surface area contributed by atoms with E-state index in [1.165, 1.54) is 4.90 Å². The number of halogens is 1. The molecule has 0 aliphatic carbocycles. The molecule has 44 valence electrons. The molecule has 0 bridgehead atoms. The highest BCUT2D eigenvalue weighted by Crippen LogP contribution is 2.06. The number of nitrogens with zero attached hydrogens (tertiary/aromatic N) is 1. The maximum atomic E-state index is 10.3. The summed E-state index contributed by atoms with van der Waals surface area (Å²) in [5, 5.41) is -0.390. The van der Waals surface area contributed by atoms with Gasteiger partial charge in [-0.1, -0.05) is 6.08 Å². The van der Waals surface area contributed by atoms with Gasteiger partial charge in [0.15, 0.2) is 0 Å². The van der Waals surface area contributed by atoms with E-state index in [0.717, 1.165) is 13.0 Å². The van der Waals surface area contributed by atoms with Crippen molar-refractivity contribution in [1.82, 2.24) is 4.90 Å². The summed E-state index contributed by atoms with van der Waals surface area (Å²) >= 11 is 5.12. The van der Waals surface area contributed by atoms with E-state index >= 15 is 0 Å². The van der Waals surface area contributed by atoms with Crippen molar-refractivity contribution in [2.24, 2.45) is 0 Å². The third-order valence-electron chi connectivity index (χ3n) is 1.05. The van der Waals surface area contributed by atoms with Gasteiger partial charge in [0.25, 0.3) is 0 Å². The van der Waals surface area contributed by atoms with E-state index < -0.39 is 5.37 Å². The van der Waals surface area contributed by atoms with Gasteiger partial charge in [0.05, 0.1) is 0 Å². The zero-order valence-electron chi connectivity index (χ0n) is 4.30. The monoisotopic (exact) mass is 131 g/mol. The van der Waals surface area contributed by atoms with E-state index in [1.807, 2.05) is 6.08 Å². The lowest BCUT2D eigenvalue weighted by Gasteiger charge is -2.05. The fraction of sp³-hybridized carbons (Fsp3) is 0.400. The first kappa shape index (κ1) is 5.63. The normalized spacial score (nSPS) is 17.4. The zero-order chi connectivity index (χ0) is 5.98. The summed E-state index contributed by atoms with van der Waals surface area (Å²) in [7, 11) is 0. The van der Waals surface area contributed by atoms with Gasteiger partial charge in [0.2, 0.25) is 0 Å². The smallest absolute Gasteiger partial charge is 0.306 e. The van der Waals surface area contributed by atoms with E-state index in [9.17, 15) is 4.79 Å². The minimum atomic E-state index is -0.390. The van der Waals surface area contributed by atoms with E-state index in [2.05, 4.69) is 0 Å². The van der Waals surface area contributed by atoms with E-state index in [0.29, 0.717) is 0 Å². The first-order valence-corrected chi connectivity index (χ1v) is 2.81. The lowest BCUT2D eigenvalue weighted by atomic mass is 10.5. The first-order valence-electron chi connectivity index (χ1n) is 2.43. The van der Waals surface area contributed by atoms with Crippen molar-refractivity contribution in [1.29, 1.82) is 0 Å². The maximum Gasteiger partial charge on any atom is 0.320 e. The molecule has 1 amide bonds. The molecule has 0 saturated carbocycles. The Morgan fingerprint density at radius 1 is 1.75 bits per heavy atom. The van der Waals surface area contributed by atoms with E-state index in [-0.39, 0.29) is 0 Å². The molecule has 0 radical (unpaired) electrons. The summed E-state index contributed by atoms with van der Waals surface area (Å²) in [6.45, 7) is 0.738. The van der Waals surface area contributed by atoms with Gasteiger partial charge in [0, 0.05) is 12.7 Å². The molecule has 2 nitrogen and oxygen atoms in total. The van der Waals surface area contributed by atoms with Crippen LogP contribution in [0, 0.1) is 0 Å². The molecule has 8 heavy (non-hydrogen) atoms. The minimum absolute atomic E-state index is 0.390. The number of rotatable bonds is 0. The lowest BCUT2D eigenvalue weighted by Crippen LogP contribution is -2.16. The molecule has 0 atom stereocenters. The zero-order valence-corrected chi connectivity index (χ0v) is 5.06. The van der Waals surface area contributed by atoms with Gasteiger partial charge in [-0.2, -0.15) is 0 Å². The second kappa shape index (κ2) is 2.18. The third-order valence-corrected chi connectivity index (χ3v) is 1.26. The van der Waals surface area contributed by atoms with Crippen LogP contribution in [0.3, 0.4) is 0 Å². The minimum Gasteiger partial charge on any atom is -0.306 e. The molecule has 0 aromatic carbocycles. The fourth-order valence-corrected chi connectivity index (χ4v) is 0.777. The molecule has 1 rings (SSSR count). The highest BCUT2D eigenvalue weighted by Gasteiger charge is 2.08. The van der Waals surface area contributed by atoms with Gasteiger partial charge in [0.1, 0.15) is 0 Å². The first-order chi connectivity index (χ1) is 3.80. The molecule has 0 N–H and O–H groups in total. The molecule has 0 unspecified atom stereocenters. The van der Waals surface area contributed by atoms with Crippen LogP contribution in [-0.4, -0.2) is 16.8 Å². The van der Waals surface area contributed by atoms with Crippen molar-refractivity contribution in [3.63, 3.8) is 0 Å². The number of carbonyl (C=O) groups is 1. The molecule has 1 aliphatic rings. The Morgan fingerprint density at radius 3 is 2.75 bits per heavy atom. The van der Waals surface area contributed by atoms with Gasteiger partial charge < -0.3 is 4.90 Å². The maximum absolute atomic E-state index is 10.3. The van der Waals surface area contributed by atoms with Crippen LogP contribution in [-0.2, 0) is 0 Å². The van der Waals surface area contributed by atoms with E-state index in [4.69, 9.17) is 11.6 Å². The van der Waals surface area contributed by atoms with Crippen LogP contribution in [0.1, 0.15) is 6.42 Å². The topological polar surface area (TPSA) is 20.3 Å². The Balaban J connectivity index is 2.48. The standard InChI is InChI=1S/C5H6ClNO/c6-5(8)7-3-1-2-4-7/h1,3H,2,4H2. The Kier molecular flexibility index (Phi) is 1.53. The quantitative estimate of drug-likeness (QED) is 0.361. The van der Waals surface area contributed by atoms with Gasteiger partial charge in [-0.05, 0) is 18.0 Å². The molecule has 1 heterocycles. The number of carbonyl (C=O) groups excluding carboxylic acids is 1. The van der Waals surface area contributed by atoms with Crippen LogP contribution in [0.2, 0.25) is 0 Å². The van der Waals surface area contributed by atoms with Crippen molar-refractivity contribution in [3.05, 3.63) is 12.3 Å². The van der Waals surface area contributed by atoms with Gasteiger partial charge in [-0.15, -0.1) is 0 Å². The number of amides is 1. The Hall–Kier alpha value is -0.500. The summed E-state index contributed by atoms with van der Waals surface area (Å²) in [5.41, 5.74) is 0. The molecule has 3 heteroatoms. The van der Waals surface area contributed by atoms with Crippen LogP contribution in [0.5, 0.6) is 0 Å². The second-order valence-corrected chi connectivity index (χ2v) is 1.94. The predicted molar refractivity (Wildman–Crippen MR) is 31.7 cm³/mol. The average Bonchev–Trinajstić information content (AvgIpc) is 2.12. The molecular weight excluding hydrogens is 126 g/mol. The van der Waals surface area contributed by atoms with Crippen LogP contribution in [0.15, 0.2) is 12.3 Å². The Bertz CT molecular complexity index is 132. The van der Waals surface area contributed by atoms with Crippen molar-refractivity contribution in [2.45, 2.75) is 6.42 Å². The number of hydrogen-bond donors (Lipinski definition) is 0. The van der Waals surface area contributed by atoms with Crippen molar-refractivity contribution < 1.29 is 4.79 Å². The molecule has 0 aromatic rings. The highest BCUT2D eigenvalue weighted by atomic mass is 35.5. The SMILES string of the molecule is O=C(Cl)N1C=CCC1. The van der Waals surface area contributed by atoms with E-state index in [1.54, 1.807) is 6.20 Å². The van der Waals surface area contributed by atoms with Crippen LogP contribution < -0.4 is 0 Å². The predicted octanol–water partition coefficient (Wildman–Crippen LogP) is 1.56. The van der Waals surface area contributed by atoms with Crippen molar-refractivity contribution in [2.75, 3.05) is 6.54 Å². The molecule has 1 aliphatic heterocycles. The van der Waals surface area contributed by atoms with Crippen LogP contribution in [0.25, 0.3) is 0 Å². The molecule has 0 spiro atoms. The second-order valence-electron chi connectivity index (χ2n) is 1.62. The summed E-state index contributed by atoms with van der Waals surface area (Å²) in [4.78, 5) is 11.8. The van der Waals surface area contributed by atoms with Gasteiger partial charge in [-0.25, -0.2) is 0 Å². The largest absolute Gasteiger partial charge is 0.320 e. The highest BCUT2D eigenvalue weighted by molar-refractivity contribution is 6.63. The summed E-state index contributed by atoms with van der Waals surface area (Å²) in [5.74, 6) is 0. The van der Waals surface area contributed by atoms with Crippen LogP contribution in [0.4, 0.5) is 4.79 Å². The van der Waals surface area contributed by atoms with Gasteiger partial charge >= 0.3 is 5.37 Å². The molecular formula is C5H6ClNO. The molecule has 0 saturated heterocycles. The van der Waals surface area contributed by atoms with Crippen molar-refractivity contribution >= 4 is 17.0 Å². The van der Waals surface area contributed by atoms with Gasteiger partial charge in [-0.3, -0.25) is 4.79 Å². The summed E-state index contributed by atoms with van der Waals surface area (Å²) < 4.78 is 0. The summed E-state index contributed by atoms with van der Waals surface area (Å²) in [6, 6.07) is 0. The number of hydrogen-bond acceptors (Lipinski definition) is 1. The van der Waals surface area contributed by atoms with Crippen molar-refractivity contribution in [3.8, 4) is 0 Å². The third kappa shape index (κ3) is 1.01. The summed E-state index contributed by atoms with van der Waals surface area (Å²) in [6.07, 6.45) is 4.55. The molecule has 0 aromatic heterocycles. The Labute approximate surface area is 52.7 Å². The van der Waals surface area contributed by atoms with Crippen LogP contribution >= 0.6 is 11.6 Å². The lowest BCUT2D eigenvalue weighted by molar-refractivity contribution is 0.240. The fourth-order valence-electron chi connectivity index (χ4n) is 0.636. The Morgan fingerprint density at radius 2 is 2.50 bits per heavy atom. The molecule has 0 fully saturated rings. The average molecular weight is 132 g/mol.